The van der Waals surface area contributed by atoms with Crippen LogP contribution in [0.25, 0.3) is 0 Å². The lowest BCUT2D eigenvalue weighted by Crippen LogP contribution is -2.47. The van der Waals surface area contributed by atoms with E-state index >= 15 is 0 Å². The maximum absolute atomic E-state index is 11.9. The van der Waals surface area contributed by atoms with E-state index in [9.17, 15) is 9.59 Å². The second kappa shape index (κ2) is 6.95. The Hall–Kier alpha value is -1.50. The zero-order chi connectivity index (χ0) is 12.7. The van der Waals surface area contributed by atoms with Gasteiger partial charge in [0.05, 0.1) is 0 Å². The molecule has 0 bridgehead atoms. The first kappa shape index (κ1) is 13.6. The van der Waals surface area contributed by atoms with E-state index in [1.165, 1.54) is 4.90 Å². The molecule has 94 valence electrons. The highest BCUT2D eigenvalue weighted by Gasteiger charge is 2.31. The van der Waals surface area contributed by atoms with Crippen LogP contribution in [-0.4, -0.2) is 34.5 Å². The number of carboxylic acids is 1. The number of aliphatic carboxylic acids is 1. The predicted octanol–water partition coefficient (Wildman–Crippen LogP) is 1.65. The van der Waals surface area contributed by atoms with E-state index in [1.54, 1.807) is 0 Å². The Labute approximate surface area is 102 Å². The van der Waals surface area contributed by atoms with Gasteiger partial charge in [0, 0.05) is 19.4 Å². The van der Waals surface area contributed by atoms with Gasteiger partial charge >= 0.3 is 5.97 Å². The first-order valence-electron chi connectivity index (χ1n) is 6.12. The quantitative estimate of drug-likeness (QED) is 0.584. The van der Waals surface area contributed by atoms with E-state index in [0.717, 1.165) is 25.7 Å². The molecule has 4 heteroatoms. The van der Waals surface area contributed by atoms with Crippen molar-refractivity contribution < 1.29 is 14.7 Å². The maximum atomic E-state index is 11.9. The van der Waals surface area contributed by atoms with Crippen molar-refractivity contribution >= 4 is 11.9 Å². The van der Waals surface area contributed by atoms with Crippen LogP contribution in [0.2, 0.25) is 0 Å². The third-order valence-electron chi connectivity index (χ3n) is 3.07. The molecule has 1 aliphatic heterocycles. The monoisotopic (exact) mass is 237 g/mol. The Morgan fingerprint density at radius 2 is 2.12 bits per heavy atom. The van der Waals surface area contributed by atoms with Crippen LogP contribution in [0.4, 0.5) is 0 Å². The van der Waals surface area contributed by atoms with Gasteiger partial charge in [-0.15, -0.1) is 12.3 Å². The van der Waals surface area contributed by atoms with Crippen LogP contribution in [0.5, 0.6) is 0 Å². The van der Waals surface area contributed by atoms with Gasteiger partial charge in [-0.2, -0.15) is 0 Å². The number of unbranched alkanes of at least 4 members (excludes halogenated alkanes) is 2. The summed E-state index contributed by atoms with van der Waals surface area (Å²) in [7, 11) is 0. The second-order valence-electron chi connectivity index (χ2n) is 4.35. The van der Waals surface area contributed by atoms with E-state index in [4.69, 9.17) is 11.5 Å². The molecule has 0 aromatic carbocycles. The molecule has 4 nitrogen and oxygen atoms in total. The van der Waals surface area contributed by atoms with E-state index in [0.29, 0.717) is 25.8 Å². The van der Waals surface area contributed by atoms with Crippen molar-refractivity contribution in [2.24, 2.45) is 0 Å². The summed E-state index contributed by atoms with van der Waals surface area (Å²) in [4.78, 5) is 24.4. The predicted molar refractivity (Wildman–Crippen MR) is 64.3 cm³/mol. The molecule has 0 aliphatic carbocycles. The molecule has 1 saturated heterocycles. The lowest BCUT2D eigenvalue weighted by atomic mass is 10.0. The molecule has 0 unspecified atom stereocenters. The molecule has 1 atom stereocenters. The van der Waals surface area contributed by atoms with Gasteiger partial charge in [0.2, 0.25) is 5.91 Å². The van der Waals surface area contributed by atoms with Gasteiger partial charge in [-0.05, 0) is 32.1 Å². The summed E-state index contributed by atoms with van der Waals surface area (Å²) in [5.41, 5.74) is 0. The fraction of sp³-hybridized carbons (Fsp3) is 0.692. The summed E-state index contributed by atoms with van der Waals surface area (Å²) in [5.74, 6) is 1.59. The molecule has 1 amide bonds. The van der Waals surface area contributed by atoms with Gasteiger partial charge in [-0.1, -0.05) is 0 Å². The molecule has 0 radical (unpaired) electrons. The Morgan fingerprint density at radius 1 is 1.35 bits per heavy atom. The molecule has 0 saturated carbocycles. The minimum absolute atomic E-state index is 0.0471. The van der Waals surface area contributed by atoms with Crippen molar-refractivity contribution in [2.75, 3.05) is 6.54 Å². The number of nitrogens with zero attached hydrogens (tertiary/aromatic N) is 1. The average Bonchev–Trinajstić information content (AvgIpc) is 2.34. The number of rotatable bonds is 5. The molecule has 0 spiro atoms. The summed E-state index contributed by atoms with van der Waals surface area (Å²) >= 11 is 0. The summed E-state index contributed by atoms with van der Waals surface area (Å²) in [6.07, 6.45) is 10.1. The molecule has 1 rings (SSSR count). The largest absolute Gasteiger partial charge is 0.480 e. The molecule has 0 aromatic heterocycles. The zero-order valence-electron chi connectivity index (χ0n) is 10.0. The number of carbonyl (C=O) groups excluding carboxylic acids is 1. The summed E-state index contributed by atoms with van der Waals surface area (Å²) in [5, 5.41) is 9.05. The SMILES string of the molecule is C#CCCCCC(=O)N1CCCC[C@@H]1C(=O)O. The normalized spacial score (nSPS) is 19.7. The molecule has 1 N–H and O–H groups in total. The number of terminal acetylenes is 1. The first-order chi connectivity index (χ1) is 8.16. The van der Waals surface area contributed by atoms with E-state index in [1.807, 2.05) is 0 Å². The van der Waals surface area contributed by atoms with Crippen molar-refractivity contribution in [1.82, 2.24) is 4.90 Å². The van der Waals surface area contributed by atoms with Crippen LogP contribution in [0, 0.1) is 12.3 Å². The van der Waals surface area contributed by atoms with Gasteiger partial charge in [0.15, 0.2) is 0 Å². The van der Waals surface area contributed by atoms with Crippen molar-refractivity contribution in [3.05, 3.63) is 0 Å². The van der Waals surface area contributed by atoms with Crippen LogP contribution in [0.3, 0.4) is 0 Å². The maximum Gasteiger partial charge on any atom is 0.326 e. The minimum atomic E-state index is -0.887. The Kier molecular flexibility index (Phi) is 5.55. The lowest BCUT2D eigenvalue weighted by Gasteiger charge is -2.33. The van der Waals surface area contributed by atoms with Crippen LogP contribution in [-0.2, 0) is 9.59 Å². The topological polar surface area (TPSA) is 57.6 Å². The van der Waals surface area contributed by atoms with Gasteiger partial charge < -0.3 is 10.0 Å². The highest BCUT2D eigenvalue weighted by Crippen LogP contribution is 2.19. The highest BCUT2D eigenvalue weighted by molar-refractivity contribution is 5.83. The molecule has 1 fully saturated rings. The molecular formula is C13H19NO3. The van der Waals surface area contributed by atoms with E-state index < -0.39 is 12.0 Å². The zero-order valence-corrected chi connectivity index (χ0v) is 10.0. The smallest absolute Gasteiger partial charge is 0.326 e. The lowest BCUT2D eigenvalue weighted by molar-refractivity contribution is -0.152. The molecular weight excluding hydrogens is 218 g/mol. The van der Waals surface area contributed by atoms with Gasteiger partial charge in [-0.25, -0.2) is 4.79 Å². The minimum Gasteiger partial charge on any atom is -0.480 e. The molecule has 17 heavy (non-hydrogen) atoms. The van der Waals surface area contributed by atoms with Crippen molar-refractivity contribution in [3.8, 4) is 12.3 Å². The number of amides is 1. The molecule has 1 aliphatic rings. The number of piperidine rings is 1. The van der Waals surface area contributed by atoms with Gasteiger partial charge in [0.25, 0.3) is 0 Å². The van der Waals surface area contributed by atoms with Gasteiger partial charge in [-0.3, -0.25) is 4.79 Å². The van der Waals surface area contributed by atoms with Crippen molar-refractivity contribution in [3.63, 3.8) is 0 Å². The Bertz CT molecular complexity index is 319. The Balaban J connectivity index is 2.42. The number of carbonyl (C=O) groups is 2. The summed E-state index contributed by atoms with van der Waals surface area (Å²) in [6, 6.07) is -0.621. The third-order valence-corrected chi connectivity index (χ3v) is 3.07. The number of hydrogen-bond donors (Lipinski definition) is 1. The summed E-state index contributed by atoms with van der Waals surface area (Å²) in [6.45, 7) is 0.574. The second-order valence-corrected chi connectivity index (χ2v) is 4.35. The van der Waals surface area contributed by atoms with E-state index in [-0.39, 0.29) is 5.91 Å². The number of likely N-dealkylation sites (tertiary alicyclic amines) is 1. The summed E-state index contributed by atoms with van der Waals surface area (Å²) < 4.78 is 0. The number of carboxylic acid groups (broad SMARTS) is 1. The van der Waals surface area contributed by atoms with Crippen LogP contribution in [0.15, 0.2) is 0 Å². The van der Waals surface area contributed by atoms with Crippen LogP contribution >= 0.6 is 0 Å². The third kappa shape index (κ3) is 4.10. The van der Waals surface area contributed by atoms with Crippen LogP contribution in [0.1, 0.15) is 44.9 Å². The van der Waals surface area contributed by atoms with Crippen molar-refractivity contribution in [1.29, 1.82) is 0 Å². The molecule has 0 aromatic rings. The van der Waals surface area contributed by atoms with E-state index in [2.05, 4.69) is 5.92 Å². The fourth-order valence-corrected chi connectivity index (χ4v) is 2.13. The molecule has 1 heterocycles. The number of hydrogen-bond acceptors (Lipinski definition) is 2. The fourth-order valence-electron chi connectivity index (χ4n) is 2.13. The van der Waals surface area contributed by atoms with Crippen LogP contribution < -0.4 is 0 Å². The van der Waals surface area contributed by atoms with Crippen molar-refractivity contribution in [2.45, 2.75) is 51.0 Å². The average molecular weight is 237 g/mol. The standard InChI is InChI=1S/C13H19NO3/c1-2-3-4-5-9-12(15)14-10-7-6-8-11(14)13(16)17/h1,11H,3-10H2,(H,16,17)/t11-/m1/s1. The highest BCUT2D eigenvalue weighted by atomic mass is 16.4. The first-order valence-corrected chi connectivity index (χ1v) is 6.12. The Morgan fingerprint density at radius 3 is 2.76 bits per heavy atom. The van der Waals surface area contributed by atoms with Gasteiger partial charge in [0.1, 0.15) is 6.04 Å².